The van der Waals surface area contributed by atoms with E-state index in [9.17, 15) is 9.59 Å². The van der Waals surface area contributed by atoms with Crippen molar-refractivity contribution in [1.29, 1.82) is 0 Å². The lowest BCUT2D eigenvalue weighted by Gasteiger charge is -2.08. The van der Waals surface area contributed by atoms with Crippen LogP contribution in [0, 0.1) is 0 Å². The average Bonchev–Trinajstić information content (AvgIpc) is 2.87. The quantitative estimate of drug-likeness (QED) is 0.666. The summed E-state index contributed by atoms with van der Waals surface area (Å²) < 4.78 is 1.26. The minimum atomic E-state index is -0.969. The zero-order valence-corrected chi connectivity index (χ0v) is 9.22. The first kappa shape index (κ1) is 11.6. The Morgan fingerprint density at radius 3 is 3.12 bits per heavy atom. The molecule has 1 unspecified atom stereocenters. The Kier molecular flexibility index (Phi) is 3.38. The van der Waals surface area contributed by atoms with Crippen LogP contribution in [0.4, 0.5) is 5.69 Å². The first-order valence-corrected chi connectivity index (χ1v) is 5.43. The van der Waals surface area contributed by atoms with Gasteiger partial charge in [0.15, 0.2) is 0 Å². The van der Waals surface area contributed by atoms with Gasteiger partial charge >= 0.3 is 5.97 Å². The van der Waals surface area contributed by atoms with Crippen molar-refractivity contribution in [3.8, 4) is 0 Å². The van der Waals surface area contributed by atoms with Gasteiger partial charge in [-0.3, -0.25) is 14.3 Å². The van der Waals surface area contributed by atoms with Crippen molar-refractivity contribution >= 4 is 17.6 Å². The maximum Gasteiger partial charge on any atom is 0.325 e. The van der Waals surface area contributed by atoms with Crippen LogP contribution < -0.4 is 10.6 Å². The molecule has 1 atom stereocenters. The highest BCUT2D eigenvalue weighted by molar-refractivity contribution is 5.94. The monoisotopic (exact) mass is 238 g/mol. The minimum absolute atomic E-state index is 0.0997. The molecule has 17 heavy (non-hydrogen) atoms. The van der Waals surface area contributed by atoms with E-state index in [4.69, 9.17) is 5.11 Å². The number of carboxylic acid groups (broad SMARTS) is 1. The molecule has 0 spiro atoms. The van der Waals surface area contributed by atoms with Gasteiger partial charge in [-0.1, -0.05) is 0 Å². The van der Waals surface area contributed by atoms with Crippen molar-refractivity contribution < 1.29 is 14.7 Å². The van der Waals surface area contributed by atoms with Crippen molar-refractivity contribution in [3.05, 3.63) is 12.4 Å². The Hall–Kier alpha value is -1.89. The van der Waals surface area contributed by atoms with Gasteiger partial charge < -0.3 is 15.7 Å². The molecule has 0 aromatic carbocycles. The third kappa shape index (κ3) is 3.04. The number of rotatable bonds is 4. The molecule has 0 radical (unpaired) electrons. The van der Waals surface area contributed by atoms with Crippen molar-refractivity contribution in [1.82, 2.24) is 15.1 Å². The summed E-state index contributed by atoms with van der Waals surface area (Å²) >= 11 is 0. The summed E-state index contributed by atoms with van der Waals surface area (Å²) in [5.74, 6) is -1.07. The summed E-state index contributed by atoms with van der Waals surface area (Å²) in [6, 6.07) is -0.155. The first-order chi connectivity index (χ1) is 8.15. The van der Waals surface area contributed by atoms with E-state index in [1.807, 2.05) is 0 Å². The first-order valence-electron chi connectivity index (χ1n) is 5.43. The molecule has 1 aromatic heterocycles. The molecule has 1 aliphatic heterocycles. The molecule has 1 saturated heterocycles. The SMILES string of the molecule is O=C(O)Cn1cc(NC(=O)C2CCCN2)cn1. The number of hydrogen-bond acceptors (Lipinski definition) is 4. The lowest BCUT2D eigenvalue weighted by molar-refractivity contribution is -0.137. The van der Waals surface area contributed by atoms with Crippen LogP contribution in [0.1, 0.15) is 12.8 Å². The van der Waals surface area contributed by atoms with Gasteiger partial charge in [0, 0.05) is 6.20 Å². The third-order valence-corrected chi connectivity index (χ3v) is 2.57. The largest absolute Gasteiger partial charge is 0.480 e. The predicted octanol–water partition coefficient (Wildman–Crippen LogP) is -0.342. The van der Waals surface area contributed by atoms with Gasteiger partial charge in [0.05, 0.1) is 17.9 Å². The lowest BCUT2D eigenvalue weighted by Crippen LogP contribution is -2.35. The fourth-order valence-corrected chi connectivity index (χ4v) is 1.79. The van der Waals surface area contributed by atoms with E-state index in [2.05, 4.69) is 15.7 Å². The molecule has 1 aromatic rings. The molecule has 0 aliphatic carbocycles. The van der Waals surface area contributed by atoms with Gasteiger partial charge in [-0.05, 0) is 19.4 Å². The number of amides is 1. The number of hydrogen-bond donors (Lipinski definition) is 3. The summed E-state index contributed by atoms with van der Waals surface area (Å²) in [4.78, 5) is 22.2. The maximum atomic E-state index is 11.7. The van der Waals surface area contributed by atoms with E-state index in [0.717, 1.165) is 19.4 Å². The Bertz CT molecular complexity index is 423. The number of nitrogens with one attached hydrogen (secondary N) is 2. The minimum Gasteiger partial charge on any atom is -0.480 e. The molecule has 7 nitrogen and oxygen atoms in total. The predicted molar refractivity (Wildman–Crippen MR) is 59.5 cm³/mol. The summed E-state index contributed by atoms with van der Waals surface area (Å²) in [6.45, 7) is 0.647. The highest BCUT2D eigenvalue weighted by Crippen LogP contribution is 2.10. The summed E-state index contributed by atoms with van der Waals surface area (Å²) in [6.07, 6.45) is 4.77. The molecule has 1 aliphatic rings. The van der Waals surface area contributed by atoms with E-state index in [-0.39, 0.29) is 18.5 Å². The molecule has 2 rings (SSSR count). The van der Waals surface area contributed by atoms with Crippen molar-refractivity contribution in [2.24, 2.45) is 0 Å². The molecule has 3 N–H and O–H groups in total. The van der Waals surface area contributed by atoms with Crippen LogP contribution in [0.15, 0.2) is 12.4 Å². The van der Waals surface area contributed by atoms with Crippen molar-refractivity contribution in [2.75, 3.05) is 11.9 Å². The van der Waals surface area contributed by atoms with Gasteiger partial charge in [0.2, 0.25) is 5.91 Å². The van der Waals surface area contributed by atoms with Crippen LogP contribution >= 0.6 is 0 Å². The summed E-state index contributed by atoms with van der Waals surface area (Å²) in [5.41, 5.74) is 0.518. The number of aromatic nitrogens is 2. The highest BCUT2D eigenvalue weighted by Gasteiger charge is 2.22. The number of nitrogens with zero attached hydrogens (tertiary/aromatic N) is 2. The van der Waals surface area contributed by atoms with Gasteiger partial charge in [0.25, 0.3) is 0 Å². The second kappa shape index (κ2) is 4.96. The van der Waals surface area contributed by atoms with Crippen LogP contribution in [-0.4, -0.2) is 39.4 Å². The Balaban J connectivity index is 1.91. The van der Waals surface area contributed by atoms with E-state index in [0.29, 0.717) is 5.69 Å². The molecule has 0 bridgehead atoms. The second-order valence-corrected chi connectivity index (χ2v) is 3.96. The van der Waals surface area contributed by atoms with Gasteiger partial charge in [-0.25, -0.2) is 0 Å². The maximum absolute atomic E-state index is 11.7. The highest BCUT2D eigenvalue weighted by atomic mass is 16.4. The number of aliphatic carboxylic acids is 1. The lowest BCUT2D eigenvalue weighted by atomic mass is 10.2. The fourth-order valence-electron chi connectivity index (χ4n) is 1.79. The van der Waals surface area contributed by atoms with E-state index >= 15 is 0 Å². The third-order valence-electron chi connectivity index (χ3n) is 2.57. The Morgan fingerprint density at radius 2 is 2.47 bits per heavy atom. The van der Waals surface area contributed by atoms with Crippen LogP contribution in [-0.2, 0) is 16.1 Å². The number of carbonyl (C=O) groups is 2. The van der Waals surface area contributed by atoms with Crippen LogP contribution in [0.3, 0.4) is 0 Å². The van der Waals surface area contributed by atoms with Crippen LogP contribution in [0.2, 0.25) is 0 Å². The normalized spacial score (nSPS) is 19.2. The second-order valence-electron chi connectivity index (χ2n) is 3.96. The topological polar surface area (TPSA) is 96.2 Å². The number of anilines is 1. The smallest absolute Gasteiger partial charge is 0.325 e. The molecular weight excluding hydrogens is 224 g/mol. The van der Waals surface area contributed by atoms with E-state index in [1.165, 1.54) is 17.1 Å². The molecule has 7 heteroatoms. The van der Waals surface area contributed by atoms with Crippen LogP contribution in [0.5, 0.6) is 0 Å². The van der Waals surface area contributed by atoms with E-state index < -0.39 is 5.97 Å². The van der Waals surface area contributed by atoms with Crippen molar-refractivity contribution in [2.45, 2.75) is 25.4 Å². The molecule has 0 saturated carbocycles. The molecule has 1 amide bonds. The molecule has 1 fully saturated rings. The number of carbonyl (C=O) groups excluding carboxylic acids is 1. The zero-order valence-electron chi connectivity index (χ0n) is 9.22. The van der Waals surface area contributed by atoms with E-state index in [1.54, 1.807) is 0 Å². The Labute approximate surface area is 97.8 Å². The van der Waals surface area contributed by atoms with Gasteiger partial charge in [-0.15, -0.1) is 0 Å². The zero-order chi connectivity index (χ0) is 12.3. The Morgan fingerprint density at radius 1 is 1.65 bits per heavy atom. The van der Waals surface area contributed by atoms with Gasteiger partial charge in [0.1, 0.15) is 6.54 Å². The van der Waals surface area contributed by atoms with Crippen LogP contribution in [0.25, 0.3) is 0 Å². The van der Waals surface area contributed by atoms with Crippen molar-refractivity contribution in [3.63, 3.8) is 0 Å². The summed E-state index contributed by atoms with van der Waals surface area (Å²) in [7, 11) is 0. The number of carboxylic acids is 1. The molecule has 92 valence electrons. The molecular formula is C10H14N4O3. The fraction of sp³-hybridized carbons (Fsp3) is 0.500. The average molecular weight is 238 g/mol. The van der Waals surface area contributed by atoms with Gasteiger partial charge in [-0.2, -0.15) is 5.10 Å². The standard InChI is InChI=1S/C10H14N4O3/c15-9(16)6-14-5-7(4-12-14)13-10(17)8-2-1-3-11-8/h4-5,8,11H,1-3,6H2,(H,13,17)(H,15,16). The summed E-state index contributed by atoms with van der Waals surface area (Å²) in [5, 5.41) is 18.2. The molecule has 2 heterocycles.